The van der Waals surface area contributed by atoms with Gasteiger partial charge in [-0.1, -0.05) is 98.7 Å². The van der Waals surface area contributed by atoms with Gasteiger partial charge in [0.15, 0.2) is 11.6 Å². The van der Waals surface area contributed by atoms with Crippen LogP contribution in [0.4, 0.5) is 34.6 Å². The molecule has 6 aromatic rings. The zero-order valence-electron chi connectivity index (χ0n) is 42.0. The summed E-state index contributed by atoms with van der Waals surface area (Å²) >= 11 is 15.7. The number of H-pyrrole nitrogens is 1. The summed E-state index contributed by atoms with van der Waals surface area (Å²) < 4.78 is 0. The number of fused-ring (bicyclic) bond motifs is 1. The van der Waals surface area contributed by atoms with Crippen LogP contribution in [0.25, 0.3) is 10.9 Å². The number of aliphatic hydroxyl groups is 1. The second-order valence-corrected chi connectivity index (χ2v) is 23.2. The minimum Gasteiger partial charge on any atom is -0.509 e. The van der Waals surface area contributed by atoms with E-state index in [9.17, 15) is 29.4 Å². The van der Waals surface area contributed by atoms with Crippen LogP contribution in [0.15, 0.2) is 109 Å². The Hall–Kier alpha value is -6.74. The van der Waals surface area contributed by atoms with Gasteiger partial charge < -0.3 is 52.0 Å². The molecule has 2 fully saturated rings. The van der Waals surface area contributed by atoms with Gasteiger partial charge in [-0.2, -0.15) is 0 Å². The molecule has 3 aliphatic rings. The van der Waals surface area contributed by atoms with E-state index >= 15 is 0 Å². The van der Waals surface area contributed by atoms with Crippen LogP contribution in [0.5, 0.6) is 5.75 Å². The van der Waals surface area contributed by atoms with Crippen LogP contribution >= 0.6 is 46.7 Å². The highest BCUT2D eigenvalue weighted by Crippen LogP contribution is 2.42. The number of amides is 3. The van der Waals surface area contributed by atoms with Crippen LogP contribution in [-0.2, 0) is 9.59 Å². The topological polar surface area (TPSA) is 262 Å². The molecule has 3 aliphatic heterocycles. The molecular formula is C52H58Cl2N12O6S2. The van der Waals surface area contributed by atoms with Crippen LogP contribution in [0.2, 0.25) is 10.0 Å². The first-order chi connectivity index (χ1) is 34.9. The number of nitrogens with two attached hydrogens (primary N) is 2. The number of benzene rings is 3. The number of aromatic hydroxyl groups is 1. The smallest absolute Gasteiger partial charge is 0.265 e. The number of aliphatic hydroxyl groups excluding tert-OH is 1. The quantitative estimate of drug-likeness (QED) is 0.0630. The number of piperidine rings is 2. The molecule has 3 amide bonds. The standard InChI is InChI=1S/C27H27ClN6O3S.C25H31ClN6O3S/c1-27(2)10-12-34(13-11-27)19-14-30-26(23(29)33-19)38-18-9-5-8-17(21(18)28)32-25(37)20-22(35)15-6-3-4-7-16(15)31-24(20)36;1-24(2)9-11-32(12-10-24)16-13-28-22(20(27)30-16)36-15-8-6-7-14(18(15)26)29-21(34)17-19(33)25(3,4)31(5)23(17)35/h3-9,14H,10-13H2,1-2H3,(H2,29,33)(H,32,37)(H2,31,35,36);6-8,13,33H,9-12H2,1-5H3,(H2,27,30)(H,29,34). The molecule has 0 atom stereocenters. The van der Waals surface area contributed by atoms with Gasteiger partial charge in [-0.25, -0.2) is 19.9 Å². The van der Waals surface area contributed by atoms with Crippen molar-refractivity contribution in [3.05, 3.63) is 110 Å². The molecule has 3 aromatic carbocycles. The third-order valence-electron chi connectivity index (χ3n) is 13.7. The van der Waals surface area contributed by atoms with Crippen LogP contribution in [0.3, 0.4) is 0 Å². The Bertz CT molecular complexity index is 3280. The number of nitrogens with zero attached hydrogens (tertiary/aromatic N) is 7. The summed E-state index contributed by atoms with van der Waals surface area (Å²) in [6, 6.07) is 16.9. The number of aromatic amines is 1. The first-order valence-electron chi connectivity index (χ1n) is 23.8. The van der Waals surface area contributed by atoms with E-state index in [-0.39, 0.29) is 32.9 Å². The Morgan fingerprint density at radius 2 is 1.15 bits per heavy atom. The van der Waals surface area contributed by atoms with Gasteiger partial charge in [0.05, 0.1) is 44.9 Å². The fourth-order valence-corrected chi connectivity index (χ4v) is 10.7. The second-order valence-electron chi connectivity index (χ2n) is 20.4. The molecule has 0 saturated carbocycles. The van der Waals surface area contributed by atoms with Crippen molar-refractivity contribution in [3.63, 3.8) is 0 Å². The number of likely N-dealkylation sites (N-methyl/N-ethyl adjacent to an activating group) is 1. The van der Waals surface area contributed by atoms with Crippen molar-refractivity contribution in [2.75, 3.05) is 65.1 Å². The molecule has 388 valence electrons. The molecule has 18 nitrogen and oxygen atoms in total. The third kappa shape index (κ3) is 11.3. The lowest BCUT2D eigenvalue weighted by atomic mass is 9.83. The maximum Gasteiger partial charge on any atom is 0.265 e. The predicted octanol–water partition coefficient (Wildman–Crippen LogP) is 9.78. The number of halogens is 2. The third-order valence-corrected chi connectivity index (χ3v) is 16.9. The fraction of sp³-hybridized carbons (Fsp3) is 0.346. The van der Waals surface area contributed by atoms with Crippen molar-refractivity contribution in [2.45, 2.75) is 92.6 Å². The van der Waals surface area contributed by atoms with Crippen LogP contribution in [0.1, 0.15) is 77.6 Å². The largest absolute Gasteiger partial charge is 0.509 e. The average Bonchev–Trinajstić information content (AvgIpc) is 3.50. The Kier molecular flexibility index (Phi) is 15.4. The van der Waals surface area contributed by atoms with E-state index in [0.29, 0.717) is 53.1 Å². The highest BCUT2D eigenvalue weighted by Gasteiger charge is 2.46. The summed E-state index contributed by atoms with van der Waals surface area (Å²) in [6.45, 7) is 16.0. The molecule has 0 aliphatic carbocycles. The minimum atomic E-state index is -0.974. The van der Waals surface area contributed by atoms with Crippen molar-refractivity contribution < 1.29 is 24.6 Å². The van der Waals surface area contributed by atoms with Crippen molar-refractivity contribution in [2.24, 2.45) is 10.8 Å². The monoisotopic (exact) mass is 1080 g/mol. The van der Waals surface area contributed by atoms with E-state index < -0.39 is 40.1 Å². The summed E-state index contributed by atoms with van der Waals surface area (Å²) in [5.74, 6) is -0.675. The number of hydrogen-bond donors (Lipinski definition) is 7. The molecule has 74 heavy (non-hydrogen) atoms. The van der Waals surface area contributed by atoms with E-state index in [4.69, 9.17) is 34.7 Å². The lowest BCUT2D eigenvalue weighted by Crippen LogP contribution is -2.40. The zero-order chi connectivity index (χ0) is 53.4. The van der Waals surface area contributed by atoms with Crippen molar-refractivity contribution >= 4 is 110 Å². The van der Waals surface area contributed by atoms with Crippen molar-refractivity contribution in [1.29, 1.82) is 0 Å². The molecule has 6 heterocycles. The zero-order valence-corrected chi connectivity index (χ0v) is 45.1. The number of anilines is 6. The van der Waals surface area contributed by atoms with Crippen molar-refractivity contribution in [3.8, 4) is 5.75 Å². The number of para-hydroxylation sites is 1. The van der Waals surface area contributed by atoms with Gasteiger partial charge in [-0.05, 0) is 86.8 Å². The molecule has 0 spiro atoms. The SMILES string of the molecule is CC1(C)CCN(c2cnc(Sc3cccc(NC(=O)c4c(O)c5ccccc5[nH]c4=O)c3Cl)c(N)n2)CC1.CN1C(=O)C(C(=O)Nc2cccc(Sc3ncc(N4CCC(C)(C)CC4)nc3N)c2Cl)=C(O)C1(C)C. The van der Waals surface area contributed by atoms with E-state index in [0.717, 1.165) is 63.5 Å². The van der Waals surface area contributed by atoms with Crippen LogP contribution in [0, 0.1) is 10.8 Å². The van der Waals surface area contributed by atoms with Crippen LogP contribution < -0.4 is 37.5 Å². The Balaban J connectivity index is 0.000000197. The molecule has 9 rings (SSSR count). The highest BCUT2D eigenvalue weighted by atomic mass is 35.5. The first-order valence-corrected chi connectivity index (χ1v) is 26.2. The molecule has 3 aromatic heterocycles. The number of nitrogens with one attached hydrogen (secondary N) is 3. The highest BCUT2D eigenvalue weighted by molar-refractivity contribution is 7.99. The molecule has 9 N–H and O–H groups in total. The molecular weight excluding hydrogens is 1020 g/mol. The lowest BCUT2D eigenvalue weighted by molar-refractivity contribution is -0.129. The molecule has 0 bridgehead atoms. The van der Waals surface area contributed by atoms with Gasteiger partial charge >= 0.3 is 0 Å². The van der Waals surface area contributed by atoms with Crippen molar-refractivity contribution in [1.82, 2.24) is 29.8 Å². The second kappa shape index (κ2) is 21.2. The fourth-order valence-electron chi connectivity index (χ4n) is 8.49. The molecule has 2 saturated heterocycles. The van der Waals surface area contributed by atoms with Gasteiger partial charge in [-0.3, -0.25) is 19.2 Å². The Labute approximate surface area is 446 Å². The number of hydrogen-bond acceptors (Lipinski definition) is 16. The Morgan fingerprint density at radius 3 is 1.59 bits per heavy atom. The van der Waals surface area contributed by atoms with E-state index in [2.05, 4.69) is 73.0 Å². The van der Waals surface area contributed by atoms with Gasteiger partial charge in [-0.15, -0.1) is 0 Å². The first kappa shape index (κ1) is 53.5. The number of aromatic nitrogens is 5. The summed E-state index contributed by atoms with van der Waals surface area (Å²) in [5, 5.41) is 28.2. The number of rotatable bonds is 10. The van der Waals surface area contributed by atoms with Gasteiger partial charge in [0.2, 0.25) is 0 Å². The number of nitrogen functional groups attached to an aromatic ring is 2. The molecule has 0 radical (unpaired) electrons. The number of carbonyl (C=O) groups excluding carboxylic acids is 3. The maximum atomic E-state index is 13.0. The normalized spacial score (nSPS) is 17.0. The molecule has 0 unspecified atom stereocenters. The summed E-state index contributed by atoms with van der Waals surface area (Å²) in [6.07, 6.45) is 7.73. The average molecular weight is 1080 g/mol. The summed E-state index contributed by atoms with van der Waals surface area (Å²) in [5.41, 5.74) is 11.8. The van der Waals surface area contributed by atoms with Gasteiger partial charge in [0, 0.05) is 48.4 Å². The summed E-state index contributed by atoms with van der Waals surface area (Å²) in [4.78, 5) is 78.7. The summed E-state index contributed by atoms with van der Waals surface area (Å²) in [7, 11) is 1.53. The lowest BCUT2D eigenvalue weighted by Gasteiger charge is -2.37. The maximum absolute atomic E-state index is 13.0. The van der Waals surface area contributed by atoms with E-state index in [1.165, 1.54) is 35.5 Å². The van der Waals surface area contributed by atoms with Gasteiger partial charge in [0.1, 0.15) is 44.3 Å². The van der Waals surface area contributed by atoms with E-state index in [1.54, 1.807) is 86.9 Å². The number of carbonyl (C=O) groups is 3. The molecule has 22 heteroatoms. The predicted molar refractivity (Wildman–Crippen MR) is 294 cm³/mol. The minimum absolute atomic E-state index is 0.242. The van der Waals surface area contributed by atoms with Gasteiger partial charge in [0.25, 0.3) is 23.3 Å². The Morgan fingerprint density at radius 1 is 0.689 bits per heavy atom. The van der Waals surface area contributed by atoms with E-state index in [1.807, 2.05) is 0 Å². The van der Waals surface area contributed by atoms with Crippen LogP contribution in [-0.4, -0.2) is 96.5 Å². The number of pyridine rings is 1.